The SMILES string of the molecule is Cl.FC1(F)CNCCC1c1nc(-c2c3n(c4ccccc24)CCC3)no1. The van der Waals surface area contributed by atoms with Crippen molar-refractivity contribution in [3.63, 3.8) is 0 Å². The van der Waals surface area contributed by atoms with Crippen LogP contribution in [0.25, 0.3) is 22.3 Å². The molecule has 5 rings (SSSR count). The molecule has 4 heterocycles. The zero-order valence-corrected chi connectivity index (χ0v) is 14.9. The molecule has 0 amide bonds. The van der Waals surface area contributed by atoms with Crippen LogP contribution in [0, 0.1) is 0 Å². The van der Waals surface area contributed by atoms with Crippen LogP contribution >= 0.6 is 12.4 Å². The van der Waals surface area contributed by atoms with Gasteiger partial charge in [0.05, 0.1) is 12.1 Å². The van der Waals surface area contributed by atoms with E-state index in [1.54, 1.807) is 0 Å². The number of halogens is 3. The first-order valence-electron chi connectivity index (χ1n) is 8.68. The highest BCUT2D eigenvalue weighted by Gasteiger charge is 2.46. The Morgan fingerprint density at radius 3 is 2.96 bits per heavy atom. The number of hydrogen-bond donors (Lipinski definition) is 1. The van der Waals surface area contributed by atoms with Gasteiger partial charge in [-0.1, -0.05) is 23.4 Å². The molecule has 3 aromatic rings. The molecule has 0 spiro atoms. The van der Waals surface area contributed by atoms with Crippen molar-refractivity contribution in [2.24, 2.45) is 0 Å². The predicted octanol–water partition coefficient (Wildman–Crippen LogP) is 3.77. The van der Waals surface area contributed by atoms with Crippen LogP contribution in [0.4, 0.5) is 8.78 Å². The van der Waals surface area contributed by atoms with Crippen LogP contribution < -0.4 is 5.32 Å². The second-order valence-corrected chi connectivity index (χ2v) is 6.83. The zero-order valence-electron chi connectivity index (χ0n) is 14.0. The Hall–Kier alpha value is -1.99. The fourth-order valence-electron chi connectivity index (χ4n) is 4.14. The van der Waals surface area contributed by atoms with Gasteiger partial charge in [0.1, 0.15) is 5.92 Å². The van der Waals surface area contributed by atoms with E-state index in [0.717, 1.165) is 35.9 Å². The molecule has 5 nitrogen and oxygen atoms in total. The lowest BCUT2D eigenvalue weighted by molar-refractivity contribution is -0.0506. The van der Waals surface area contributed by atoms with Crippen molar-refractivity contribution in [3.8, 4) is 11.4 Å². The molecule has 8 heteroatoms. The number of rotatable bonds is 2. The van der Waals surface area contributed by atoms with E-state index in [0.29, 0.717) is 18.8 Å². The van der Waals surface area contributed by atoms with Gasteiger partial charge < -0.3 is 14.4 Å². The van der Waals surface area contributed by atoms with Gasteiger partial charge in [0.25, 0.3) is 5.92 Å². The molecule has 138 valence electrons. The van der Waals surface area contributed by atoms with Crippen LogP contribution in [-0.2, 0) is 13.0 Å². The first-order chi connectivity index (χ1) is 12.1. The molecular weight excluding hydrogens is 362 g/mol. The largest absolute Gasteiger partial charge is 0.344 e. The van der Waals surface area contributed by atoms with E-state index >= 15 is 0 Å². The van der Waals surface area contributed by atoms with E-state index in [4.69, 9.17) is 4.52 Å². The average molecular weight is 381 g/mol. The van der Waals surface area contributed by atoms with Crippen molar-refractivity contribution in [1.29, 1.82) is 0 Å². The molecule has 2 aliphatic heterocycles. The number of alkyl halides is 2. The maximum absolute atomic E-state index is 14.2. The molecular formula is C18H19ClF2N4O. The van der Waals surface area contributed by atoms with Crippen LogP contribution in [0.5, 0.6) is 0 Å². The number of benzene rings is 1. The molecule has 0 aliphatic carbocycles. The first-order valence-corrected chi connectivity index (χ1v) is 8.68. The fourth-order valence-corrected chi connectivity index (χ4v) is 4.14. The van der Waals surface area contributed by atoms with Crippen LogP contribution in [0.15, 0.2) is 28.8 Å². The molecule has 2 aromatic heterocycles. The maximum Gasteiger partial charge on any atom is 0.271 e. The van der Waals surface area contributed by atoms with Crippen molar-refractivity contribution >= 4 is 23.3 Å². The lowest BCUT2D eigenvalue weighted by Gasteiger charge is -2.29. The summed E-state index contributed by atoms with van der Waals surface area (Å²) in [6.07, 6.45) is 2.31. The summed E-state index contributed by atoms with van der Waals surface area (Å²) in [5.74, 6) is -3.41. The quantitative estimate of drug-likeness (QED) is 0.735. The molecule has 1 N–H and O–H groups in total. The molecule has 1 saturated heterocycles. The Morgan fingerprint density at radius 2 is 2.12 bits per heavy atom. The Morgan fingerprint density at radius 1 is 1.27 bits per heavy atom. The van der Waals surface area contributed by atoms with Gasteiger partial charge >= 0.3 is 0 Å². The number of hydrogen-bond acceptors (Lipinski definition) is 4. The third-order valence-electron chi connectivity index (χ3n) is 5.32. The van der Waals surface area contributed by atoms with E-state index in [9.17, 15) is 8.78 Å². The van der Waals surface area contributed by atoms with Gasteiger partial charge in [-0.25, -0.2) is 8.78 Å². The van der Waals surface area contributed by atoms with Crippen molar-refractivity contribution in [3.05, 3.63) is 35.9 Å². The van der Waals surface area contributed by atoms with Crippen molar-refractivity contribution in [2.45, 2.75) is 37.6 Å². The lowest BCUT2D eigenvalue weighted by atomic mass is 9.94. The van der Waals surface area contributed by atoms with Crippen molar-refractivity contribution in [1.82, 2.24) is 20.0 Å². The molecule has 0 radical (unpaired) electrons. The third-order valence-corrected chi connectivity index (χ3v) is 5.32. The van der Waals surface area contributed by atoms with Gasteiger partial charge in [-0.15, -0.1) is 12.4 Å². The van der Waals surface area contributed by atoms with E-state index in [1.165, 1.54) is 5.69 Å². The molecule has 1 unspecified atom stereocenters. The monoisotopic (exact) mass is 380 g/mol. The highest BCUT2D eigenvalue weighted by atomic mass is 35.5. The maximum atomic E-state index is 14.2. The molecule has 0 bridgehead atoms. The van der Waals surface area contributed by atoms with Gasteiger partial charge in [0, 0.05) is 23.1 Å². The van der Waals surface area contributed by atoms with E-state index in [1.807, 2.05) is 18.2 Å². The molecule has 1 atom stereocenters. The standard InChI is InChI=1S/C18H18F2N4O.ClH/c19-18(20)10-21-8-7-12(18)17-22-16(23-25-17)15-11-4-1-2-5-13(11)24-9-3-6-14(15)24;/h1-2,4-5,12,21H,3,6-10H2;1H. The second kappa shape index (κ2) is 6.32. The summed E-state index contributed by atoms with van der Waals surface area (Å²) < 4.78 is 35.9. The van der Waals surface area contributed by atoms with Crippen LogP contribution in [-0.4, -0.2) is 33.7 Å². The highest BCUT2D eigenvalue weighted by molar-refractivity contribution is 5.96. The molecule has 2 aliphatic rings. The minimum atomic E-state index is -2.87. The van der Waals surface area contributed by atoms with Gasteiger partial charge in [-0.3, -0.25) is 0 Å². The summed E-state index contributed by atoms with van der Waals surface area (Å²) in [5, 5.41) is 7.85. The molecule has 1 fully saturated rings. The van der Waals surface area contributed by atoms with E-state index in [-0.39, 0.29) is 24.8 Å². The summed E-state index contributed by atoms with van der Waals surface area (Å²) in [6.45, 7) is 1.15. The fraction of sp³-hybridized carbons (Fsp3) is 0.444. The Balaban J connectivity index is 0.00000168. The Kier molecular flexibility index (Phi) is 4.23. The summed E-state index contributed by atoms with van der Waals surface area (Å²) in [4.78, 5) is 4.40. The van der Waals surface area contributed by atoms with Gasteiger partial charge in [0.2, 0.25) is 11.7 Å². The van der Waals surface area contributed by atoms with Crippen molar-refractivity contribution in [2.75, 3.05) is 13.1 Å². The average Bonchev–Trinajstić information content (AvgIpc) is 3.29. The molecule has 0 saturated carbocycles. The first kappa shape index (κ1) is 17.4. The Bertz CT molecular complexity index is 952. The van der Waals surface area contributed by atoms with Crippen LogP contribution in [0.3, 0.4) is 0 Å². The number of piperidine rings is 1. The topological polar surface area (TPSA) is 55.9 Å². The highest BCUT2D eigenvalue weighted by Crippen LogP contribution is 2.40. The second-order valence-electron chi connectivity index (χ2n) is 6.83. The van der Waals surface area contributed by atoms with E-state index < -0.39 is 11.8 Å². The summed E-state index contributed by atoms with van der Waals surface area (Å²) >= 11 is 0. The summed E-state index contributed by atoms with van der Waals surface area (Å²) in [5.41, 5.74) is 3.24. The van der Waals surface area contributed by atoms with Crippen LogP contribution in [0.2, 0.25) is 0 Å². The summed E-state index contributed by atoms with van der Waals surface area (Å²) in [7, 11) is 0. The number of para-hydroxylation sites is 1. The lowest BCUT2D eigenvalue weighted by Crippen LogP contribution is -2.44. The van der Waals surface area contributed by atoms with Gasteiger partial charge in [-0.05, 0) is 31.9 Å². The number of nitrogens with one attached hydrogen (secondary N) is 1. The third kappa shape index (κ3) is 2.53. The van der Waals surface area contributed by atoms with E-state index in [2.05, 4.69) is 26.1 Å². The van der Waals surface area contributed by atoms with Crippen molar-refractivity contribution < 1.29 is 13.3 Å². The molecule has 26 heavy (non-hydrogen) atoms. The van der Waals surface area contributed by atoms with Gasteiger partial charge in [-0.2, -0.15) is 4.98 Å². The minimum absolute atomic E-state index is 0. The number of fused-ring (bicyclic) bond motifs is 3. The zero-order chi connectivity index (χ0) is 17.0. The van der Waals surface area contributed by atoms with Gasteiger partial charge in [0.15, 0.2) is 0 Å². The summed E-state index contributed by atoms with van der Waals surface area (Å²) in [6, 6.07) is 8.10. The smallest absolute Gasteiger partial charge is 0.271 e. The van der Waals surface area contributed by atoms with Crippen LogP contribution in [0.1, 0.15) is 30.3 Å². The number of aromatic nitrogens is 3. The molecule has 1 aromatic carbocycles. The predicted molar refractivity (Wildman–Crippen MR) is 96.0 cm³/mol. The normalized spacial score (nSPS) is 21.5. The minimum Gasteiger partial charge on any atom is -0.344 e. The number of nitrogens with zero attached hydrogens (tertiary/aromatic N) is 3. The Labute approximate surface area is 155 Å². The number of aryl methyl sites for hydroxylation is 1.